The number of hydrogen-bond acceptors (Lipinski definition) is 6. The number of carbonyl (C=O) groups is 1. The maximum Gasteiger partial charge on any atom is 0.246 e. The van der Waals surface area contributed by atoms with Crippen molar-refractivity contribution >= 4 is 57.5 Å². The molecule has 3 aliphatic heterocycles. The first-order chi connectivity index (χ1) is 16.0. The van der Waals surface area contributed by atoms with E-state index >= 15 is 0 Å². The molecule has 1 aromatic carbocycles. The standard InChI is InChI=1S/C24H27Cl2N5OS/c1-15-4-2-9-30(15)10-3-5-21(32)31-11-8-17-20(13-31)33-24-22(17)23(27-14-28-24)29-16-6-7-18(25)19(26)12-16/h3,5-7,12,14-15,23,29H,2,4,8-11,13H2,1H3,(H,27,28)/b5-3+. The van der Waals surface area contributed by atoms with Crippen LogP contribution in [0.25, 0.3) is 0 Å². The Hall–Kier alpha value is -2.06. The summed E-state index contributed by atoms with van der Waals surface area (Å²) in [5.41, 5.74) is 3.31. The highest BCUT2D eigenvalue weighted by molar-refractivity contribution is 7.16. The Labute approximate surface area is 208 Å². The summed E-state index contributed by atoms with van der Waals surface area (Å²) >= 11 is 13.9. The highest BCUT2D eigenvalue weighted by Crippen LogP contribution is 2.43. The molecule has 2 unspecified atom stereocenters. The molecular weight excluding hydrogens is 477 g/mol. The van der Waals surface area contributed by atoms with Gasteiger partial charge in [-0.15, -0.1) is 11.3 Å². The average molecular weight is 504 g/mol. The van der Waals surface area contributed by atoms with Crippen LogP contribution in [-0.2, 0) is 17.8 Å². The number of nitrogens with one attached hydrogen (secondary N) is 2. The monoisotopic (exact) mass is 503 g/mol. The lowest BCUT2D eigenvalue weighted by Crippen LogP contribution is -2.35. The van der Waals surface area contributed by atoms with Crippen molar-refractivity contribution in [1.82, 2.24) is 9.80 Å². The van der Waals surface area contributed by atoms with Crippen molar-refractivity contribution in [3.8, 4) is 0 Å². The first-order valence-electron chi connectivity index (χ1n) is 11.3. The Kier molecular flexibility index (Phi) is 6.65. The van der Waals surface area contributed by atoms with Gasteiger partial charge in [0.25, 0.3) is 0 Å². The Morgan fingerprint density at radius 2 is 2.21 bits per heavy atom. The highest BCUT2D eigenvalue weighted by Gasteiger charge is 2.31. The van der Waals surface area contributed by atoms with E-state index in [-0.39, 0.29) is 12.1 Å². The Morgan fingerprint density at radius 3 is 3.00 bits per heavy atom. The maximum atomic E-state index is 12.8. The fraction of sp³-hybridized carbons (Fsp3) is 0.417. The maximum absolute atomic E-state index is 12.8. The second-order valence-corrected chi connectivity index (χ2v) is 10.7. The summed E-state index contributed by atoms with van der Waals surface area (Å²) in [6.07, 6.45) is 8.61. The number of rotatable bonds is 5. The Balaban J connectivity index is 1.27. The molecule has 5 rings (SSSR count). The van der Waals surface area contributed by atoms with E-state index < -0.39 is 0 Å². The fourth-order valence-electron chi connectivity index (χ4n) is 4.77. The van der Waals surface area contributed by atoms with E-state index in [1.165, 1.54) is 23.3 Å². The van der Waals surface area contributed by atoms with Gasteiger partial charge in [-0.2, -0.15) is 0 Å². The molecule has 2 aromatic rings. The molecule has 0 spiro atoms. The van der Waals surface area contributed by atoms with Gasteiger partial charge >= 0.3 is 0 Å². The highest BCUT2D eigenvalue weighted by atomic mass is 35.5. The summed E-state index contributed by atoms with van der Waals surface area (Å²) in [6.45, 7) is 5.58. The van der Waals surface area contributed by atoms with Gasteiger partial charge in [-0.05, 0) is 56.5 Å². The van der Waals surface area contributed by atoms with Crippen molar-refractivity contribution < 1.29 is 4.79 Å². The van der Waals surface area contributed by atoms with E-state index in [4.69, 9.17) is 23.2 Å². The number of benzene rings is 1. The van der Waals surface area contributed by atoms with Crippen molar-refractivity contribution in [3.05, 3.63) is 56.4 Å². The number of halogens is 2. The smallest absolute Gasteiger partial charge is 0.246 e. The molecule has 6 nitrogen and oxygen atoms in total. The molecule has 4 heterocycles. The summed E-state index contributed by atoms with van der Waals surface area (Å²) < 4.78 is 0. The number of nitrogens with zero attached hydrogens (tertiary/aromatic N) is 3. The third-order valence-electron chi connectivity index (χ3n) is 6.62. The molecule has 1 aromatic heterocycles. The van der Waals surface area contributed by atoms with Crippen LogP contribution >= 0.6 is 34.5 Å². The number of aliphatic imine (C=N–C) groups is 1. The minimum atomic E-state index is -0.205. The van der Waals surface area contributed by atoms with Crippen molar-refractivity contribution in [1.29, 1.82) is 0 Å². The van der Waals surface area contributed by atoms with Crippen LogP contribution in [0, 0.1) is 0 Å². The van der Waals surface area contributed by atoms with Crippen molar-refractivity contribution in [2.45, 2.75) is 44.9 Å². The zero-order chi connectivity index (χ0) is 22.9. The third-order valence-corrected chi connectivity index (χ3v) is 8.52. The van der Waals surface area contributed by atoms with E-state index in [1.807, 2.05) is 23.1 Å². The largest absolute Gasteiger partial charge is 0.360 e. The number of anilines is 2. The van der Waals surface area contributed by atoms with Gasteiger partial charge in [-0.25, -0.2) is 4.99 Å². The third kappa shape index (κ3) is 4.78. The SMILES string of the molecule is CC1CCCN1C/C=C/C(=O)N1CCc2c(sc3c2C(Nc2ccc(Cl)c(Cl)c2)N=CN3)C1. The topological polar surface area (TPSA) is 60.0 Å². The molecule has 1 fully saturated rings. The van der Waals surface area contributed by atoms with Gasteiger partial charge in [-0.1, -0.05) is 29.3 Å². The predicted molar refractivity (Wildman–Crippen MR) is 138 cm³/mol. The Morgan fingerprint density at radius 1 is 1.33 bits per heavy atom. The zero-order valence-corrected chi connectivity index (χ0v) is 20.8. The second kappa shape index (κ2) is 9.66. The predicted octanol–water partition coefficient (Wildman–Crippen LogP) is 5.54. The molecule has 1 saturated heterocycles. The van der Waals surface area contributed by atoms with Gasteiger partial charge in [0.1, 0.15) is 11.2 Å². The van der Waals surface area contributed by atoms with Gasteiger partial charge in [0.05, 0.1) is 22.9 Å². The van der Waals surface area contributed by atoms with E-state index in [2.05, 4.69) is 27.4 Å². The molecule has 0 radical (unpaired) electrons. The lowest BCUT2D eigenvalue weighted by molar-refractivity contribution is -0.126. The van der Waals surface area contributed by atoms with Gasteiger partial charge in [0, 0.05) is 41.3 Å². The van der Waals surface area contributed by atoms with E-state index in [9.17, 15) is 4.79 Å². The minimum absolute atomic E-state index is 0.0913. The Bertz CT molecular complexity index is 1110. The molecule has 174 valence electrons. The molecule has 3 aliphatic rings. The van der Waals surface area contributed by atoms with Gasteiger partial charge in [0.15, 0.2) is 0 Å². The second-order valence-electron chi connectivity index (χ2n) is 8.74. The number of fused-ring (bicyclic) bond motifs is 3. The lowest BCUT2D eigenvalue weighted by Gasteiger charge is -2.28. The number of carbonyl (C=O) groups excluding carboxylic acids is 1. The molecular formula is C24H27Cl2N5OS. The van der Waals surface area contributed by atoms with Crippen LogP contribution in [0.15, 0.2) is 35.3 Å². The molecule has 1 amide bonds. The van der Waals surface area contributed by atoms with E-state index in [0.29, 0.717) is 29.2 Å². The first kappa shape index (κ1) is 22.7. The summed E-state index contributed by atoms with van der Waals surface area (Å²) in [4.78, 5) is 23.0. The molecule has 0 saturated carbocycles. The average Bonchev–Trinajstić information content (AvgIpc) is 3.39. The molecule has 33 heavy (non-hydrogen) atoms. The summed E-state index contributed by atoms with van der Waals surface area (Å²) in [6, 6.07) is 6.11. The number of thiophene rings is 1. The van der Waals surface area contributed by atoms with Crippen LogP contribution in [0.3, 0.4) is 0 Å². The van der Waals surface area contributed by atoms with Crippen LogP contribution in [0.2, 0.25) is 10.0 Å². The summed E-state index contributed by atoms with van der Waals surface area (Å²) in [5.74, 6) is 0.0913. The van der Waals surface area contributed by atoms with Crippen LogP contribution in [0.4, 0.5) is 10.7 Å². The summed E-state index contributed by atoms with van der Waals surface area (Å²) in [7, 11) is 0. The van der Waals surface area contributed by atoms with Crippen LogP contribution in [-0.4, -0.2) is 47.7 Å². The normalized spacial score (nSPS) is 22.3. The van der Waals surface area contributed by atoms with Crippen LogP contribution in [0.5, 0.6) is 0 Å². The molecule has 9 heteroatoms. The molecule has 2 atom stereocenters. The number of amides is 1. The number of hydrogen-bond donors (Lipinski definition) is 2. The molecule has 0 aliphatic carbocycles. The van der Waals surface area contributed by atoms with Crippen molar-refractivity contribution in [3.63, 3.8) is 0 Å². The van der Waals surface area contributed by atoms with Gasteiger partial charge < -0.3 is 15.5 Å². The van der Waals surface area contributed by atoms with Gasteiger partial charge in [0.2, 0.25) is 5.91 Å². The molecule has 0 bridgehead atoms. The van der Waals surface area contributed by atoms with Crippen LogP contribution in [0.1, 0.15) is 41.9 Å². The quantitative estimate of drug-likeness (QED) is 0.525. The fourth-order valence-corrected chi connectivity index (χ4v) is 6.33. The van der Waals surface area contributed by atoms with Crippen molar-refractivity contribution in [2.24, 2.45) is 4.99 Å². The lowest BCUT2D eigenvalue weighted by atomic mass is 10.00. The zero-order valence-electron chi connectivity index (χ0n) is 18.5. The van der Waals surface area contributed by atoms with E-state index in [0.717, 1.165) is 35.8 Å². The molecule has 2 N–H and O–H groups in total. The van der Waals surface area contributed by atoms with E-state index in [1.54, 1.807) is 29.8 Å². The van der Waals surface area contributed by atoms with Crippen LogP contribution < -0.4 is 10.6 Å². The number of likely N-dealkylation sites (tertiary alicyclic amines) is 1. The minimum Gasteiger partial charge on any atom is -0.360 e. The summed E-state index contributed by atoms with van der Waals surface area (Å²) in [5, 5.41) is 8.87. The van der Waals surface area contributed by atoms with Crippen molar-refractivity contribution in [2.75, 3.05) is 30.3 Å². The van der Waals surface area contributed by atoms with Gasteiger partial charge in [-0.3, -0.25) is 9.69 Å². The first-order valence-corrected chi connectivity index (χ1v) is 12.9.